The van der Waals surface area contributed by atoms with Gasteiger partial charge in [-0.2, -0.15) is 0 Å². The number of hydrogen-bond acceptors (Lipinski definition) is 2. The fourth-order valence-corrected chi connectivity index (χ4v) is 9.11. The molecule has 34 heavy (non-hydrogen) atoms. The van der Waals surface area contributed by atoms with E-state index >= 15 is 0 Å². The van der Waals surface area contributed by atoms with Crippen LogP contribution in [0.3, 0.4) is 0 Å². The van der Waals surface area contributed by atoms with Crippen molar-refractivity contribution in [3.05, 3.63) is 71.3 Å². The highest BCUT2D eigenvalue weighted by molar-refractivity contribution is 5.83. The van der Waals surface area contributed by atoms with E-state index in [1.807, 2.05) is 0 Å². The number of ether oxygens (including phenoxy) is 1. The average molecular weight is 452 g/mol. The summed E-state index contributed by atoms with van der Waals surface area (Å²) in [5.74, 6) is 1.25. The fraction of sp³-hybridized carbons (Fsp3) is 0.562. The molecule has 176 valence electrons. The lowest BCUT2D eigenvalue weighted by atomic mass is 9.58. The van der Waals surface area contributed by atoms with Crippen LogP contribution in [0, 0.1) is 11.3 Å². The van der Waals surface area contributed by atoms with Gasteiger partial charge in [0.15, 0.2) is 0 Å². The zero-order valence-electron chi connectivity index (χ0n) is 20.5. The van der Waals surface area contributed by atoms with Gasteiger partial charge in [0.1, 0.15) is 0 Å². The maximum atomic E-state index is 7.47. The van der Waals surface area contributed by atoms with Gasteiger partial charge < -0.3 is 10.1 Å². The van der Waals surface area contributed by atoms with E-state index in [0.717, 1.165) is 6.04 Å². The summed E-state index contributed by atoms with van der Waals surface area (Å²) in [5.41, 5.74) is 4.97. The first-order valence-corrected chi connectivity index (χ1v) is 13.9. The van der Waals surface area contributed by atoms with E-state index < -0.39 is 0 Å². The molecule has 2 aromatic carbocycles. The summed E-state index contributed by atoms with van der Waals surface area (Å²) in [4.78, 5) is 0. The second-order valence-electron chi connectivity index (χ2n) is 12.7. The third-order valence-electron chi connectivity index (χ3n) is 10.9. The quantitative estimate of drug-likeness (QED) is 0.533. The summed E-state index contributed by atoms with van der Waals surface area (Å²) >= 11 is 0. The molecular formula is C32H37NO. The van der Waals surface area contributed by atoms with Gasteiger partial charge in [0, 0.05) is 12.1 Å². The number of nitrogens with one attached hydrogen (secondary N) is 1. The Labute approximate surface area is 203 Å². The number of benzene rings is 2. The van der Waals surface area contributed by atoms with Crippen LogP contribution in [-0.4, -0.2) is 23.3 Å². The molecule has 8 rings (SSSR count). The highest BCUT2D eigenvalue weighted by Gasteiger charge is 2.66. The second kappa shape index (κ2) is 6.86. The van der Waals surface area contributed by atoms with E-state index in [0.29, 0.717) is 17.9 Å². The average Bonchev–Trinajstić information content (AvgIpc) is 3.52. The van der Waals surface area contributed by atoms with Crippen molar-refractivity contribution in [3.8, 4) is 0 Å². The number of rotatable bonds is 3. The predicted molar refractivity (Wildman–Crippen MR) is 138 cm³/mol. The summed E-state index contributed by atoms with van der Waals surface area (Å²) in [6.07, 6.45) is 17.9. The first-order chi connectivity index (χ1) is 16.6. The van der Waals surface area contributed by atoms with Crippen LogP contribution in [0.15, 0.2) is 65.8 Å². The molecule has 4 aliphatic carbocycles. The molecule has 2 spiro atoms. The largest absolute Gasteiger partial charge is 0.359 e. The van der Waals surface area contributed by atoms with Crippen molar-refractivity contribution in [1.29, 1.82) is 0 Å². The van der Waals surface area contributed by atoms with Crippen LogP contribution in [0.25, 0.3) is 10.8 Å². The highest BCUT2D eigenvalue weighted by atomic mass is 16.5. The molecule has 2 bridgehead atoms. The van der Waals surface area contributed by atoms with E-state index in [2.05, 4.69) is 66.9 Å². The molecule has 3 saturated carbocycles. The molecule has 6 atom stereocenters. The van der Waals surface area contributed by atoms with E-state index in [1.165, 1.54) is 75.0 Å². The van der Waals surface area contributed by atoms with Crippen LogP contribution in [0.2, 0.25) is 0 Å². The molecule has 2 nitrogen and oxygen atoms in total. The Hall–Kier alpha value is -1.90. The van der Waals surface area contributed by atoms with Crippen molar-refractivity contribution in [1.82, 2.24) is 5.32 Å². The SMILES string of the molecule is C[C@]12CC=C3C=C4CC[C@H](NC5CC5)CC45CC[C@]3(O5)[C@@H]1CC[C@@H]2c1ccc2ccccc2c1. The van der Waals surface area contributed by atoms with Crippen LogP contribution in [0.5, 0.6) is 0 Å². The van der Waals surface area contributed by atoms with Crippen molar-refractivity contribution in [2.75, 3.05) is 0 Å². The van der Waals surface area contributed by atoms with Crippen LogP contribution in [-0.2, 0) is 4.74 Å². The summed E-state index contributed by atoms with van der Waals surface area (Å²) in [6, 6.07) is 17.5. The van der Waals surface area contributed by atoms with Gasteiger partial charge in [0.05, 0.1) is 11.2 Å². The zero-order chi connectivity index (χ0) is 22.5. The Bertz CT molecular complexity index is 1240. The number of allylic oxidation sites excluding steroid dienone is 1. The molecule has 0 amide bonds. The van der Waals surface area contributed by atoms with E-state index in [4.69, 9.17) is 4.74 Å². The molecular weight excluding hydrogens is 414 g/mol. The zero-order valence-corrected chi connectivity index (χ0v) is 20.5. The van der Waals surface area contributed by atoms with Crippen molar-refractivity contribution in [2.24, 2.45) is 11.3 Å². The Morgan fingerprint density at radius 2 is 1.79 bits per heavy atom. The topological polar surface area (TPSA) is 21.3 Å². The van der Waals surface area contributed by atoms with Gasteiger partial charge in [-0.05, 0) is 109 Å². The molecule has 4 fully saturated rings. The van der Waals surface area contributed by atoms with Gasteiger partial charge in [0.25, 0.3) is 0 Å². The second-order valence-corrected chi connectivity index (χ2v) is 12.7. The number of fused-ring (bicyclic) bond motifs is 2. The van der Waals surface area contributed by atoms with Gasteiger partial charge in [-0.1, -0.05) is 61.5 Å². The third kappa shape index (κ3) is 2.70. The number of hydrogen-bond donors (Lipinski definition) is 1. The van der Waals surface area contributed by atoms with Gasteiger partial charge in [-0.15, -0.1) is 0 Å². The highest BCUT2D eigenvalue weighted by Crippen LogP contribution is 2.69. The molecule has 2 aromatic rings. The molecule has 0 aromatic heterocycles. The Balaban J connectivity index is 1.15. The molecule has 1 N–H and O–H groups in total. The third-order valence-corrected chi connectivity index (χ3v) is 10.9. The van der Waals surface area contributed by atoms with E-state index in [-0.39, 0.29) is 16.6 Å². The van der Waals surface area contributed by atoms with Crippen molar-refractivity contribution < 1.29 is 4.74 Å². The standard InChI is InChI=1S/C32H37NO/c1-30-15-14-25-19-24-8-9-27(33-26-10-11-26)20-31(24)16-17-32(25,34-31)29(30)13-12-28(30)23-7-6-21-4-2-3-5-22(21)18-23/h2-7,14,18-19,26-29,33H,8-13,15-17,20H2,1H3/t27-,28+,29+,30+,31?,32+/m0/s1. The Morgan fingerprint density at radius 3 is 2.68 bits per heavy atom. The lowest BCUT2D eigenvalue weighted by molar-refractivity contribution is -0.136. The molecule has 1 unspecified atom stereocenters. The monoisotopic (exact) mass is 451 g/mol. The minimum Gasteiger partial charge on any atom is -0.359 e. The molecule has 6 aliphatic rings. The maximum absolute atomic E-state index is 7.47. The summed E-state index contributed by atoms with van der Waals surface area (Å²) < 4.78 is 7.47. The smallest absolute Gasteiger partial charge is 0.0974 e. The van der Waals surface area contributed by atoms with Crippen molar-refractivity contribution in [2.45, 2.75) is 100 Å². The van der Waals surface area contributed by atoms with Gasteiger partial charge in [0.2, 0.25) is 0 Å². The first-order valence-electron chi connectivity index (χ1n) is 13.9. The van der Waals surface area contributed by atoms with Crippen LogP contribution in [0.1, 0.15) is 82.6 Å². The Morgan fingerprint density at radius 1 is 0.912 bits per heavy atom. The molecule has 1 saturated heterocycles. The molecule has 2 aliphatic heterocycles. The summed E-state index contributed by atoms with van der Waals surface area (Å²) in [5, 5.41) is 6.69. The lowest BCUT2D eigenvalue weighted by Gasteiger charge is -2.54. The van der Waals surface area contributed by atoms with Gasteiger partial charge in [-0.25, -0.2) is 0 Å². The van der Waals surface area contributed by atoms with E-state index in [9.17, 15) is 0 Å². The van der Waals surface area contributed by atoms with Crippen LogP contribution < -0.4 is 5.32 Å². The van der Waals surface area contributed by atoms with Crippen molar-refractivity contribution in [3.63, 3.8) is 0 Å². The summed E-state index contributed by atoms with van der Waals surface area (Å²) in [6.45, 7) is 2.60. The predicted octanol–water partition coefficient (Wildman–Crippen LogP) is 7.20. The lowest BCUT2D eigenvalue weighted by Crippen LogP contribution is -2.55. The Kier molecular flexibility index (Phi) is 4.10. The first kappa shape index (κ1) is 20.3. The summed E-state index contributed by atoms with van der Waals surface area (Å²) in [7, 11) is 0. The normalized spacial score (nSPS) is 42.6. The molecule has 0 radical (unpaired) electrons. The minimum atomic E-state index is -0.0381. The van der Waals surface area contributed by atoms with Gasteiger partial charge in [-0.3, -0.25) is 0 Å². The molecule has 2 heteroatoms. The maximum Gasteiger partial charge on any atom is 0.0974 e. The van der Waals surface area contributed by atoms with Crippen LogP contribution in [0.4, 0.5) is 0 Å². The van der Waals surface area contributed by atoms with Gasteiger partial charge >= 0.3 is 0 Å². The fourth-order valence-electron chi connectivity index (χ4n) is 9.11. The van der Waals surface area contributed by atoms with Crippen LogP contribution >= 0.6 is 0 Å². The molecule has 2 heterocycles. The van der Waals surface area contributed by atoms with Crippen molar-refractivity contribution >= 4 is 10.8 Å². The van der Waals surface area contributed by atoms with E-state index in [1.54, 1.807) is 16.7 Å². The minimum absolute atomic E-state index is 0.0153.